The van der Waals surface area contributed by atoms with E-state index < -0.39 is 36.9 Å². The maximum absolute atomic E-state index is 14.7. The molecule has 1 fully saturated rings. The van der Waals surface area contributed by atoms with Gasteiger partial charge in [-0.2, -0.15) is 17.7 Å². The number of nitrogens with zero attached hydrogens (tertiary/aromatic N) is 4. The van der Waals surface area contributed by atoms with Crippen LogP contribution in [0.15, 0.2) is 12.1 Å². The first-order valence-electron chi connectivity index (χ1n) is 11.4. The van der Waals surface area contributed by atoms with Gasteiger partial charge in [0.1, 0.15) is 5.52 Å². The molecule has 2 aromatic heterocycles. The highest BCUT2D eigenvalue weighted by Crippen LogP contribution is 2.48. The third-order valence-electron chi connectivity index (χ3n) is 7.00. The van der Waals surface area contributed by atoms with Crippen LogP contribution in [0.25, 0.3) is 16.6 Å². The van der Waals surface area contributed by atoms with Gasteiger partial charge in [-0.15, -0.1) is 13.9 Å². The Morgan fingerprint density at radius 1 is 1.17 bits per heavy atom. The Morgan fingerprint density at radius 2 is 1.94 bits per heavy atom. The molecule has 5 rings (SSSR count). The summed E-state index contributed by atoms with van der Waals surface area (Å²) in [6.45, 7) is 1.81. The summed E-state index contributed by atoms with van der Waals surface area (Å²) in [6, 6.07) is 2.80. The van der Waals surface area contributed by atoms with Gasteiger partial charge in [-0.05, 0) is 49.7 Å². The van der Waals surface area contributed by atoms with Crippen molar-refractivity contribution >= 4 is 22.5 Å². The summed E-state index contributed by atoms with van der Waals surface area (Å²) in [6.07, 6.45) is -7.72. The number of aromatic nitrogens is 4. The molecule has 0 amide bonds. The molecule has 3 heterocycles. The molecule has 0 saturated heterocycles. The molecule has 1 aliphatic heterocycles. The Balaban J connectivity index is 1.38. The van der Waals surface area contributed by atoms with E-state index in [1.165, 1.54) is 16.6 Å². The summed E-state index contributed by atoms with van der Waals surface area (Å²) in [5, 5.41) is 4.69. The second-order valence-electron chi connectivity index (χ2n) is 9.38. The number of rotatable bonds is 4. The average molecular weight is 503 g/mol. The number of halogens is 6. The number of fused-ring (bicyclic) bond motifs is 5. The maximum Gasteiger partial charge on any atom is 0.586 e. The molecule has 1 saturated carbocycles. The predicted octanol–water partition coefficient (Wildman–Crippen LogP) is 5.60. The van der Waals surface area contributed by atoms with E-state index in [9.17, 15) is 26.3 Å². The van der Waals surface area contributed by atoms with Crippen LogP contribution in [-0.4, -0.2) is 37.7 Å². The molecule has 0 spiro atoms. The molecule has 13 heteroatoms. The normalized spacial score (nSPS) is 25.2. The smallest absolute Gasteiger partial charge is 0.395 e. The molecule has 3 unspecified atom stereocenters. The van der Waals surface area contributed by atoms with Crippen LogP contribution in [0.4, 0.5) is 32.3 Å². The summed E-state index contributed by atoms with van der Waals surface area (Å²) in [4.78, 5) is 8.58. The van der Waals surface area contributed by atoms with Crippen LogP contribution in [-0.2, 0) is 6.42 Å². The summed E-state index contributed by atoms with van der Waals surface area (Å²) in [5.41, 5.74) is 3.13. The predicted molar refractivity (Wildman–Crippen MR) is 113 cm³/mol. The van der Waals surface area contributed by atoms with Gasteiger partial charge in [-0.3, -0.25) is 0 Å². The Bertz CT molecular complexity index is 1280. The van der Waals surface area contributed by atoms with E-state index in [4.69, 9.17) is 5.73 Å². The Hall–Kier alpha value is -2.99. The highest BCUT2D eigenvalue weighted by Gasteiger charge is 2.56. The molecule has 190 valence electrons. The lowest BCUT2D eigenvalue weighted by molar-refractivity contribution is -0.286. The van der Waals surface area contributed by atoms with Crippen molar-refractivity contribution in [3.05, 3.63) is 18.0 Å². The second-order valence-corrected chi connectivity index (χ2v) is 9.38. The molecule has 0 radical (unpaired) electrons. The van der Waals surface area contributed by atoms with Gasteiger partial charge in [0.2, 0.25) is 11.6 Å². The van der Waals surface area contributed by atoms with Crippen LogP contribution >= 0.6 is 0 Å². The van der Waals surface area contributed by atoms with E-state index in [2.05, 4.69) is 24.5 Å². The third kappa shape index (κ3) is 4.18. The highest BCUT2D eigenvalue weighted by atomic mass is 19.4. The van der Waals surface area contributed by atoms with E-state index in [1.54, 1.807) is 0 Å². The molecule has 7 nitrogen and oxygen atoms in total. The van der Waals surface area contributed by atoms with Crippen molar-refractivity contribution in [1.29, 1.82) is 0 Å². The number of hydrogen-bond acceptors (Lipinski definition) is 6. The third-order valence-corrected chi connectivity index (χ3v) is 7.00. The number of nitrogens with two attached hydrogens (primary N) is 1. The first kappa shape index (κ1) is 23.7. The molecule has 3 atom stereocenters. The maximum atomic E-state index is 14.7. The second kappa shape index (κ2) is 8.02. The van der Waals surface area contributed by atoms with Crippen molar-refractivity contribution in [3.8, 4) is 11.5 Å². The topological polar surface area (TPSA) is 87.6 Å². The number of aryl methyl sites for hydroxylation is 1. The number of hydrogen-bond donors (Lipinski definition) is 1. The van der Waals surface area contributed by atoms with E-state index in [0.29, 0.717) is 36.9 Å². The zero-order valence-electron chi connectivity index (χ0n) is 18.7. The fourth-order valence-corrected chi connectivity index (χ4v) is 5.01. The zero-order chi connectivity index (χ0) is 25.2. The average Bonchev–Trinajstić information content (AvgIpc) is 3.26. The lowest BCUT2D eigenvalue weighted by Crippen LogP contribution is -2.42. The van der Waals surface area contributed by atoms with Crippen LogP contribution in [0.3, 0.4) is 0 Å². The molecule has 35 heavy (non-hydrogen) atoms. The van der Waals surface area contributed by atoms with E-state index in [1.807, 2.05) is 6.92 Å². The van der Waals surface area contributed by atoms with Gasteiger partial charge in [0, 0.05) is 11.8 Å². The SMILES string of the molecule is CC(CCc1nc2c3ccc4c(c3nc(N)n2n1)OC(F)(F)O4)C1CCCCC(F)(C(F)(F)F)C1. The van der Waals surface area contributed by atoms with Gasteiger partial charge in [0.05, 0.1) is 0 Å². The van der Waals surface area contributed by atoms with Crippen molar-refractivity contribution in [2.24, 2.45) is 11.8 Å². The Kier molecular flexibility index (Phi) is 5.44. The van der Waals surface area contributed by atoms with Gasteiger partial charge in [-0.25, -0.2) is 14.4 Å². The minimum absolute atomic E-state index is 0.0434. The quantitative estimate of drug-likeness (QED) is 0.368. The van der Waals surface area contributed by atoms with Crippen molar-refractivity contribution in [1.82, 2.24) is 19.6 Å². The van der Waals surface area contributed by atoms with Gasteiger partial charge in [-0.1, -0.05) is 19.8 Å². The van der Waals surface area contributed by atoms with Crippen molar-refractivity contribution in [3.63, 3.8) is 0 Å². The largest absolute Gasteiger partial charge is 0.586 e. The van der Waals surface area contributed by atoms with E-state index >= 15 is 0 Å². The summed E-state index contributed by atoms with van der Waals surface area (Å²) in [7, 11) is 0. The molecule has 1 aliphatic carbocycles. The zero-order valence-corrected chi connectivity index (χ0v) is 18.7. The first-order chi connectivity index (χ1) is 16.4. The van der Waals surface area contributed by atoms with Crippen LogP contribution in [0.2, 0.25) is 0 Å². The number of ether oxygens (including phenoxy) is 2. The van der Waals surface area contributed by atoms with Gasteiger partial charge >= 0.3 is 12.5 Å². The van der Waals surface area contributed by atoms with Gasteiger partial charge < -0.3 is 15.2 Å². The molecular weight excluding hydrogens is 480 g/mol. The fraction of sp³-hybridized carbons (Fsp3) is 0.591. The van der Waals surface area contributed by atoms with Crippen LogP contribution < -0.4 is 15.2 Å². The summed E-state index contributed by atoms with van der Waals surface area (Å²) >= 11 is 0. The van der Waals surface area contributed by atoms with Crippen LogP contribution in [0.1, 0.15) is 51.3 Å². The van der Waals surface area contributed by atoms with Crippen molar-refractivity contribution in [2.75, 3.05) is 5.73 Å². The number of alkyl halides is 6. The van der Waals surface area contributed by atoms with Crippen LogP contribution in [0.5, 0.6) is 11.5 Å². The Labute approximate surface area is 195 Å². The molecular formula is C22H23F6N5O2. The van der Waals surface area contributed by atoms with Crippen LogP contribution in [0, 0.1) is 11.8 Å². The molecule has 2 N–H and O–H groups in total. The number of anilines is 1. The standard InChI is InChI=1S/C22H23F6N5O2/c1-11(12-4-2-3-9-20(23,10-12)21(24,25)26)5-8-15-30-18-13-6-7-14-17(35-22(27,28)34-14)16(13)31-19(29)33(18)32-15/h6-7,11-12H,2-5,8-10H2,1H3,(H2,29,31). The lowest BCUT2D eigenvalue weighted by atomic mass is 9.80. The summed E-state index contributed by atoms with van der Waals surface area (Å²) in [5.74, 6) is -0.804. The van der Waals surface area contributed by atoms with Gasteiger partial charge in [0.15, 0.2) is 23.0 Å². The van der Waals surface area contributed by atoms with Gasteiger partial charge in [0.25, 0.3) is 0 Å². The summed E-state index contributed by atoms with van der Waals surface area (Å²) < 4.78 is 92.1. The lowest BCUT2D eigenvalue weighted by Gasteiger charge is -2.31. The van der Waals surface area contributed by atoms with E-state index in [0.717, 1.165) is 0 Å². The van der Waals surface area contributed by atoms with Crippen molar-refractivity contribution in [2.45, 2.75) is 70.0 Å². The molecule has 1 aromatic carbocycles. The van der Waals surface area contributed by atoms with Crippen molar-refractivity contribution < 1.29 is 35.8 Å². The highest BCUT2D eigenvalue weighted by molar-refractivity contribution is 5.97. The first-order valence-corrected chi connectivity index (χ1v) is 11.4. The van der Waals surface area contributed by atoms with E-state index in [-0.39, 0.29) is 40.9 Å². The number of nitrogen functional groups attached to an aromatic ring is 1. The molecule has 3 aromatic rings. The fourth-order valence-electron chi connectivity index (χ4n) is 5.01. The minimum Gasteiger partial charge on any atom is -0.395 e. The minimum atomic E-state index is -4.89. The Morgan fingerprint density at radius 3 is 2.69 bits per heavy atom. The molecule has 0 bridgehead atoms. The monoisotopic (exact) mass is 503 g/mol. The molecule has 2 aliphatic rings. The number of benzene rings is 1.